The topological polar surface area (TPSA) is 4.44 Å². The molecule has 0 aliphatic rings. The monoisotopic (exact) mass is 955 g/mol. The average Bonchev–Trinajstić information content (AvgIpc) is 3.25. The summed E-state index contributed by atoms with van der Waals surface area (Å²) in [6, 6.07) is 7.20. The Bertz CT molecular complexity index is 2220. The molecule has 0 radical (unpaired) electrons. The smallest absolute Gasteiger partial charge is 0.200 e. The number of rotatable bonds is 12. The number of hydrogen-bond donors (Lipinski definition) is 1. The van der Waals surface area contributed by atoms with Gasteiger partial charge in [0.05, 0.1) is 13.1 Å². The number of hydrogen-bond acceptors (Lipinski definition) is 0. The molecule has 354 valence electrons. The van der Waals surface area contributed by atoms with Crippen molar-refractivity contribution in [3.63, 3.8) is 0 Å². The van der Waals surface area contributed by atoms with Gasteiger partial charge in [-0.25, -0.2) is 87.8 Å². The molecule has 0 aromatic heterocycles. The fourth-order valence-corrected chi connectivity index (χ4v) is 7.89. The van der Waals surface area contributed by atoms with Gasteiger partial charge in [-0.3, -0.25) is 0 Å². The summed E-state index contributed by atoms with van der Waals surface area (Å²) < 4.78 is 294. The van der Waals surface area contributed by atoms with Crippen LogP contribution in [0.15, 0.2) is 18.2 Å². The summed E-state index contributed by atoms with van der Waals surface area (Å²) in [5, 5.41) is 0. The lowest BCUT2D eigenvalue weighted by atomic mass is 9.12. The van der Waals surface area contributed by atoms with Crippen molar-refractivity contribution >= 4 is 28.0 Å². The van der Waals surface area contributed by atoms with Gasteiger partial charge >= 0.3 is 0 Å². The van der Waals surface area contributed by atoms with Gasteiger partial charge in [0.2, 0.25) is 0 Å². The van der Waals surface area contributed by atoms with Gasteiger partial charge in [0.15, 0.2) is 69.8 Å². The van der Waals surface area contributed by atoms with Crippen LogP contribution < -0.4 is 26.8 Å². The molecule has 0 heterocycles. The molecule has 0 aliphatic heterocycles. The first-order chi connectivity index (χ1) is 30.1. The lowest BCUT2D eigenvalue weighted by Crippen LogP contribution is -3.11. The van der Waals surface area contributed by atoms with Crippen molar-refractivity contribution in [1.29, 1.82) is 0 Å². The third kappa shape index (κ3) is 9.28. The van der Waals surface area contributed by atoms with Gasteiger partial charge in [0, 0.05) is 17.4 Å². The standard InChI is InChI=1S/C24BF20.C19H33N/c26-5-1(6(27)14(35)21(42)13(5)34)25(2-7(28)15(36)22(43)16(37)8(2)29,3-9(30)17(38)23(44)18(39)10(3)31)4-11(32)19(40)24(45)20(41)12(4)33;1-7-17-9-18(8-2)11-19(10-17)14-20(12-15(3)4)13-16(5)6/h;9-11,15-16H,7-8,12-14H2,1-6H3/q-1;/p+1. The Morgan fingerprint density at radius 2 is 0.508 bits per heavy atom. The fourth-order valence-electron chi connectivity index (χ4n) is 7.89. The Hall–Kier alpha value is -5.28. The van der Waals surface area contributed by atoms with Gasteiger partial charge in [-0.05, 0) is 24.0 Å². The molecule has 0 saturated heterocycles. The van der Waals surface area contributed by atoms with Gasteiger partial charge in [-0.1, -0.05) is 59.7 Å². The summed E-state index contributed by atoms with van der Waals surface area (Å²) in [4.78, 5) is 1.73. The van der Waals surface area contributed by atoms with Crippen LogP contribution in [-0.4, -0.2) is 19.2 Å². The van der Waals surface area contributed by atoms with Crippen LogP contribution in [-0.2, 0) is 19.4 Å². The number of benzene rings is 5. The zero-order valence-corrected chi connectivity index (χ0v) is 34.6. The number of halogens is 20. The Labute approximate surface area is 357 Å². The largest absolute Gasteiger partial charge is 0.331 e. The van der Waals surface area contributed by atoms with Crippen LogP contribution >= 0.6 is 0 Å². The summed E-state index contributed by atoms with van der Waals surface area (Å²) in [6.45, 7) is 17.6. The molecule has 22 heteroatoms. The van der Waals surface area contributed by atoms with Crippen LogP contribution in [0.25, 0.3) is 0 Å². The predicted octanol–water partition coefficient (Wildman–Crippen LogP) is 9.35. The highest BCUT2D eigenvalue weighted by Gasteiger charge is 2.52. The molecule has 0 amide bonds. The molecule has 5 rings (SSSR count). The van der Waals surface area contributed by atoms with E-state index in [2.05, 4.69) is 59.7 Å². The van der Waals surface area contributed by atoms with Gasteiger partial charge in [-0.15, -0.1) is 21.9 Å². The van der Waals surface area contributed by atoms with E-state index in [0.717, 1.165) is 24.7 Å². The van der Waals surface area contributed by atoms with Gasteiger partial charge in [-0.2, -0.15) is 0 Å². The summed E-state index contributed by atoms with van der Waals surface area (Å²) in [6.07, 6.45) is -4.93. The van der Waals surface area contributed by atoms with E-state index >= 15 is 35.1 Å². The molecule has 0 fully saturated rings. The highest BCUT2D eigenvalue weighted by Crippen LogP contribution is 2.31. The summed E-state index contributed by atoms with van der Waals surface area (Å²) in [5.41, 5.74) is -9.82. The first kappa shape index (κ1) is 52.4. The van der Waals surface area contributed by atoms with E-state index in [4.69, 9.17) is 0 Å². The van der Waals surface area contributed by atoms with Crippen molar-refractivity contribution in [2.75, 3.05) is 13.1 Å². The normalized spacial score (nSPS) is 12.0. The van der Waals surface area contributed by atoms with E-state index in [1.54, 1.807) is 4.90 Å². The molecular formula is C43H34BF20N. The Morgan fingerprint density at radius 3 is 0.692 bits per heavy atom. The quantitative estimate of drug-likeness (QED) is 0.0551. The minimum absolute atomic E-state index is 0.767. The summed E-state index contributed by atoms with van der Waals surface area (Å²) in [5.74, 6) is -69.9. The molecule has 5 aromatic rings. The Morgan fingerprint density at radius 1 is 0.323 bits per heavy atom. The molecule has 0 spiro atoms. The molecular weight excluding hydrogens is 921 g/mol. The Kier molecular flexibility index (Phi) is 16.2. The second-order valence-corrected chi connectivity index (χ2v) is 15.8. The Balaban J connectivity index is 0.000000387. The molecule has 0 aliphatic carbocycles. The van der Waals surface area contributed by atoms with Crippen molar-refractivity contribution in [3.8, 4) is 0 Å². The first-order valence-electron chi connectivity index (χ1n) is 19.3. The SMILES string of the molecule is CCc1cc(CC)cc(C[NH+](CC(C)C)CC(C)C)c1.Fc1c(F)c(F)c([B-](c2c(F)c(F)c(F)c(F)c2F)(c2c(F)c(F)c(F)c(F)c2F)c2c(F)c(F)c(F)c(F)c2F)c(F)c1F. The molecule has 65 heavy (non-hydrogen) atoms. The van der Waals surface area contributed by atoms with Crippen molar-refractivity contribution in [3.05, 3.63) is 151 Å². The van der Waals surface area contributed by atoms with Crippen LogP contribution in [0, 0.1) is 128 Å². The molecule has 0 saturated carbocycles. The van der Waals surface area contributed by atoms with Gasteiger partial charge in [0.25, 0.3) is 0 Å². The van der Waals surface area contributed by atoms with Gasteiger partial charge < -0.3 is 4.90 Å². The van der Waals surface area contributed by atoms with E-state index in [-0.39, 0.29) is 0 Å². The van der Waals surface area contributed by atoms with Crippen LogP contribution in [0.2, 0.25) is 0 Å². The van der Waals surface area contributed by atoms with Crippen molar-refractivity contribution in [2.45, 2.75) is 60.9 Å². The summed E-state index contributed by atoms with van der Waals surface area (Å²) >= 11 is 0. The third-order valence-corrected chi connectivity index (χ3v) is 10.5. The second kappa shape index (κ2) is 20.1. The van der Waals surface area contributed by atoms with E-state index < -0.39 is 144 Å². The van der Waals surface area contributed by atoms with E-state index in [9.17, 15) is 52.7 Å². The lowest BCUT2D eigenvalue weighted by molar-refractivity contribution is -0.919. The maximum Gasteiger partial charge on any atom is 0.200 e. The van der Waals surface area contributed by atoms with Crippen LogP contribution in [0.5, 0.6) is 0 Å². The highest BCUT2D eigenvalue weighted by molar-refractivity contribution is 7.20. The third-order valence-electron chi connectivity index (χ3n) is 10.5. The molecule has 5 aromatic carbocycles. The molecule has 0 bridgehead atoms. The lowest BCUT2D eigenvalue weighted by Gasteiger charge is -2.44. The molecule has 0 unspecified atom stereocenters. The predicted molar refractivity (Wildman–Crippen MR) is 198 cm³/mol. The number of quaternary nitrogens is 1. The first-order valence-corrected chi connectivity index (χ1v) is 19.3. The van der Waals surface area contributed by atoms with Crippen LogP contribution in [0.3, 0.4) is 0 Å². The molecule has 1 N–H and O–H groups in total. The van der Waals surface area contributed by atoms with E-state index in [1.807, 2.05) is 0 Å². The van der Waals surface area contributed by atoms with Crippen LogP contribution in [0.4, 0.5) is 87.8 Å². The maximum absolute atomic E-state index is 15.4. The zero-order valence-electron chi connectivity index (χ0n) is 34.6. The zero-order chi connectivity index (χ0) is 49.5. The van der Waals surface area contributed by atoms with Crippen molar-refractivity contribution in [1.82, 2.24) is 0 Å². The minimum Gasteiger partial charge on any atom is -0.331 e. The average molecular weight is 956 g/mol. The maximum atomic E-state index is 15.4. The van der Waals surface area contributed by atoms with Crippen molar-refractivity contribution < 1.29 is 92.7 Å². The van der Waals surface area contributed by atoms with Crippen LogP contribution in [0.1, 0.15) is 58.2 Å². The van der Waals surface area contributed by atoms with Crippen molar-refractivity contribution in [2.24, 2.45) is 11.8 Å². The molecule has 0 atom stereocenters. The van der Waals surface area contributed by atoms with Gasteiger partial charge in [0.1, 0.15) is 59.2 Å². The minimum atomic E-state index is -7.22. The highest BCUT2D eigenvalue weighted by atomic mass is 19.2. The number of aryl methyl sites for hydroxylation is 2. The van der Waals surface area contributed by atoms with E-state index in [1.165, 1.54) is 36.3 Å². The molecule has 1 nitrogen and oxygen atoms in total. The fraction of sp³-hybridized carbons (Fsp3) is 0.302. The summed E-state index contributed by atoms with van der Waals surface area (Å²) in [7, 11) is 0. The van der Waals surface area contributed by atoms with E-state index in [0.29, 0.717) is 0 Å². The number of nitrogens with one attached hydrogen (secondary N) is 1. The second-order valence-electron chi connectivity index (χ2n) is 15.8.